The second-order valence-electron chi connectivity index (χ2n) is 5.48. The zero-order valence-corrected chi connectivity index (χ0v) is 12.5. The van der Waals surface area contributed by atoms with Gasteiger partial charge in [-0.3, -0.25) is 4.79 Å². The van der Waals surface area contributed by atoms with Crippen LogP contribution in [0.25, 0.3) is 17.0 Å². The molecule has 0 saturated heterocycles. The minimum Gasteiger partial charge on any atom is -0.476 e. The number of hydrogen-bond donors (Lipinski definition) is 1. The Morgan fingerprint density at radius 1 is 1.18 bits per heavy atom. The first-order valence-corrected chi connectivity index (χ1v) is 7.22. The Morgan fingerprint density at radius 2 is 1.86 bits per heavy atom. The first-order chi connectivity index (χ1) is 10.6. The number of nitriles is 1. The highest BCUT2D eigenvalue weighted by Gasteiger charge is 2.45. The first kappa shape index (κ1) is 14.2. The molecule has 0 fully saturated rings. The van der Waals surface area contributed by atoms with Crippen LogP contribution in [0.2, 0.25) is 0 Å². The van der Waals surface area contributed by atoms with Gasteiger partial charge < -0.3 is 9.72 Å². The number of Topliss-reactive ketones (excluding diaryl/α,β-unsaturated/α-hetero) is 1. The first-order valence-electron chi connectivity index (χ1n) is 7.22. The summed E-state index contributed by atoms with van der Waals surface area (Å²) in [6.45, 7) is 3.60. The lowest BCUT2D eigenvalue weighted by atomic mass is 9.95. The number of carbonyl (C=O) groups is 1. The maximum Gasteiger partial charge on any atom is 0.220 e. The summed E-state index contributed by atoms with van der Waals surface area (Å²) < 4.78 is 5.83. The van der Waals surface area contributed by atoms with Crippen molar-refractivity contribution < 1.29 is 9.53 Å². The molecule has 0 bridgehead atoms. The third-order valence-corrected chi connectivity index (χ3v) is 4.06. The van der Waals surface area contributed by atoms with Gasteiger partial charge in [-0.15, -0.1) is 0 Å². The molecule has 1 aromatic heterocycles. The molecular formula is C18H16N2O2. The van der Waals surface area contributed by atoms with Gasteiger partial charge in [0.1, 0.15) is 11.6 Å². The van der Waals surface area contributed by atoms with Crippen LogP contribution >= 0.6 is 0 Å². The topological polar surface area (TPSA) is 65.9 Å². The molecule has 1 aliphatic heterocycles. The molecule has 2 heterocycles. The molecule has 1 unspecified atom stereocenters. The summed E-state index contributed by atoms with van der Waals surface area (Å²) in [6, 6.07) is 15.6. The molecule has 1 atom stereocenters. The second kappa shape index (κ2) is 5.19. The summed E-state index contributed by atoms with van der Waals surface area (Å²) in [5.41, 5.74) is 1.75. The number of nitrogens with zero attached hydrogens (tertiary/aromatic N) is 1. The molecule has 1 aliphatic rings. The average molecular weight is 292 g/mol. The molecule has 0 saturated carbocycles. The van der Waals surface area contributed by atoms with Crippen molar-refractivity contribution in [1.82, 2.24) is 4.98 Å². The Bertz CT molecular complexity index is 796. The van der Waals surface area contributed by atoms with Gasteiger partial charge in [-0.1, -0.05) is 37.3 Å². The molecule has 1 aromatic carbocycles. The van der Waals surface area contributed by atoms with Crippen molar-refractivity contribution in [2.75, 3.05) is 0 Å². The zero-order chi connectivity index (χ0) is 15.7. The number of ketones is 1. The lowest BCUT2D eigenvalue weighted by Crippen LogP contribution is -2.32. The molecule has 1 N–H and O–H groups in total. The summed E-state index contributed by atoms with van der Waals surface area (Å²) >= 11 is 0. The summed E-state index contributed by atoms with van der Waals surface area (Å²) in [5.74, 6) is 0.0994. The molecule has 4 heteroatoms. The predicted molar refractivity (Wildman–Crippen MR) is 83.5 cm³/mol. The fraction of sp³-hybridized carbons (Fsp3) is 0.222. The van der Waals surface area contributed by atoms with Crippen LogP contribution in [-0.2, 0) is 9.53 Å². The number of nitrogens with one attached hydrogen (secondary N) is 1. The van der Waals surface area contributed by atoms with Crippen molar-refractivity contribution in [2.24, 2.45) is 0 Å². The molecule has 0 amide bonds. The van der Waals surface area contributed by atoms with Crippen LogP contribution in [0.4, 0.5) is 0 Å². The number of aromatic amines is 1. The monoisotopic (exact) mass is 292 g/mol. The summed E-state index contributed by atoms with van der Waals surface area (Å²) in [7, 11) is 0. The van der Waals surface area contributed by atoms with E-state index in [1.165, 1.54) is 0 Å². The van der Waals surface area contributed by atoms with Crippen LogP contribution in [0.5, 0.6) is 0 Å². The SMILES string of the molecule is CCC1(C)OC(c2ccc(-c3ccccc3)[nH]2)=C(C#N)C1=O. The van der Waals surface area contributed by atoms with Gasteiger partial charge in [0.15, 0.2) is 11.4 Å². The largest absolute Gasteiger partial charge is 0.476 e. The van der Waals surface area contributed by atoms with Crippen molar-refractivity contribution in [2.45, 2.75) is 25.9 Å². The minimum atomic E-state index is -0.946. The average Bonchev–Trinajstić information content (AvgIpc) is 3.13. The van der Waals surface area contributed by atoms with Crippen LogP contribution < -0.4 is 0 Å². The number of carbonyl (C=O) groups excluding carboxylic acids is 1. The van der Waals surface area contributed by atoms with Crippen molar-refractivity contribution in [1.29, 1.82) is 5.26 Å². The Hall–Kier alpha value is -2.80. The maximum atomic E-state index is 12.3. The molecule has 22 heavy (non-hydrogen) atoms. The van der Waals surface area contributed by atoms with Gasteiger partial charge in [0.05, 0.1) is 5.69 Å². The lowest BCUT2D eigenvalue weighted by molar-refractivity contribution is -0.127. The molecule has 3 rings (SSSR count). The highest BCUT2D eigenvalue weighted by atomic mass is 16.5. The maximum absolute atomic E-state index is 12.3. The fourth-order valence-corrected chi connectivity index (χ4v) is 2.53. The predicted octanol–water partition coefficient (Wildman–Crippen LogP) is 3.68. The second-order valence-corrected chi connectivity index (χ2v) is 5.48. The molecular weight excluding hydrogens is 276 g/mol. The third-order valence-electron chi connectivity index (χ3n) is 4.06. The van der Waals surface area contributed by atoms with E-state index in [4.69, 9.17) is 4.74 Å². The smallest absolute Gasteiger partial charge is 0.220 e. The number of hydrogen-bond acceptors (Lipinski definition) is 3. The fourth-order valence-electron chi connectivity index (χ4n) is 2.53. The normalized spacial score (nSPS) is 20.9. The van der Waals surface area contributed by atoms with E-state index >= 15 is 0 Å². The van der Waals surface area contributed by atoms with E-state index in [9.17, 15) is 10.1 Å². The van der Waals surface area contributed by atoms with Gasteiger partial charge in [0, 0.05) is 5.69 Å². The van der Waals surface area contributed by atoms with E-state index in [0.29, 0.717) is 17.9 Å². The van der Waals surface area contributed by atoms with Crippen LogP contribution in [0, 0.1) is 11.3 Å². The van der Waals surface area contributed by atoms with Crippen LogP contribution in [0.15, 0.2) is 48.0 Å². The molecule has 110 valence electrons. The van der Waals surface area contributed by atoms with E-state index in [1.54, 1.807) is 6.92 Å². The molecule has 0 spiro atoms. The Morgan fingerprint density at radius 3 is 2.50 bits per heavy atom. The molecule has 2 aromatic rings. The lowest BCUT2D eigenvalue weighted by Gasteiger charge is -2.21. The Balaban J connectivity index is 2.02. The van der Waals surface area contributed by atoms with E-state index in [-0.39, 0.29) is 11.4 Å². The van der Waals surface area contributed by atoms with E-state index in [0.717, 1.165) is 11.3 Å². The van der Waals surface area contributed by atoms with Gasteiger partial charge in [-0.05, 0) is 31.0 Å². The van der Waals surface area contributed by atoms with Gasteiger partial charge in [0.25, 0.3) is 0 Å². The third kappa shape index (κ3) is 2.11. The van der Waals surface area contributed by atoms with Gasteiger partial charge in [-0.2, -0.15) is 5.26 Å². The van der Waals surface area contributed by atoms with E-state index in [2.05, 4.69) is 4.98 Å². The summed E-state index contributed by atoms with van der Waals surface area (Å²) in [6.07, 6.45) is 0.521. The number of H-pyrrole nitrogens is 1. The van der Waals surface area contributed by atoms with Gasteiger partial charge >= 0.3 is 0 Å². The van der Waals surface area contributed by atoms with Crippen LogP contribution in [0.1, 0.15) is 26.0 Å². The van der Waals surface area contributed by atoms with Crippen molar-refractivity contribution in [3.63, 3.8) is 0 Å². The van der Waals surface area contributed by atoms with E-state index < -0.39 is 5.60 Å². The number of benzene rings is 1. The molecule has 4 nitrogen and oxygen atoms in total. The van der Waals surface area contributed by atoms with Crippen molar-refractivity contribution in [3.8, 4) is 17.3 Å². The highest BCUT2D eigenvalue weighted by molar-refractivity contribution is 6.13. The van der Waals surface area contributed by atoms with Crippen LogP contribution in [0.3, 0.4) is 0 Å². The molecule has 0 aliphatic carbocycles. The minimum absolute atomic E-state index is 0.0887. The highest BCUT2D eigenvalue weighted by Crippen LogP contribution is 2.38. The zero-order valence-electron chi connectivity index (χ0n) is 12.5. The Kier molecular flexibility index (Phi) is 3.34. The quantitative estimate of drug-likeness (QED) is 0.938. The van der Waals surface area contributed by atoms with Gasteiger partial charge in [0.2, 0.25) is 5.78 Å². The van der Waals surface area contributed by atoms with Crippen molar-refractivity contribution >= 4 is 11.5 Å². The summed E-state index contributed by atoms with van der Waals surface area (Å²) in [5, 5.41) is 9.30. The Labute approximate surface area is 129 Å². The van der Waals surface area contributed by atoms with Gasteiger partial charge in [-0.25, -0.2) is 0 Å². The standard InChI is InChI=1S/C18H16N2O2/c1-3-18(2)17(21)13(11-19)16(22-18)15-10-9-14(20-15)12-7-5-4-6-8-12/h4-10,20H,3H2,1-2H3. The number of rotatable bonds is 3. The molecule has 0 radical (unpaired) electrons. The number of ether oxygens (including phenoxy) is 1. The van der Waals surface area contributed by atoms with E-state index in [1.807, 2.05) is 55.5 Å². The van der Waals surface area contributed by atoms with Crippen molar-refractivity contribution in [3.05, 3.63) is 53.7 Å². The number of aromatic nitrogens is 1. The summed E-state index contributed by atoms with van der Waals surface area (Å²) in [4.78, 5) is 15.6. The van der Waals surface area contributed by atoms with Crippen LogP contribution in [-0.4, -0.2) is 16.4 Å².